The number of aromatic nitrogens is 2. The molecule has 3 aromatic carbocycles. The highest BCUT2D eigenvalue weighted by molar-refractivity contribution is 5.86. The number of phenols is 1. The maximum absolute atomic E-state index is 10.9. The molecule has 4 aromatic rings. The molecule has 0 fully saturated rings. The van der Waals surface area contributed by atoms with Crippen molar-refractivity contribution in [1.82, 2.24) is 10.2 Å². The van der Waals surface area contributed by atoms with E-state index < -0.39 is 4.92 Å². The Kier molecular flexibility index (Phi) is 4.81. The summed E-state index contributed by atoms with van der Waals surface area (Å²) >= 11 is 0. The monoisotopic (exact) mass is 386 g/mol. The Labute approximate surface area is 165 Å². The highest BCUT2D eigenvalue weighted by Gasteiger charge is 2.11. The molecule has 0 aliphatic carbocycles. The summed E-state index contributed by atoms with van der Waals surface area (Å²) in [6.45, 7) is 0. The predicted molar refractivity (Wildman–Crippen MR) is 107 cm³/mol. The molecular weight excluding hydrogens is 372 g/mol. The van der Waals surface area contributed by atoms with Gasteiger partial charge in [0.2, 0.25) is 11.8 Å². The average molecular weight is 386 g/mol. The van der Waals surface area contributed by atoms with E-state index in [1.165, 1.54) is 24.4 Å². The maximum Gasteiger partial charge on any atom is 0.270 e. The summed E-state index contributed by atoms with van der Waals surface area (Å²) in [6.07, 6.45) is 1.37. The minimum Gasteiger partial charge on any atom is -0.507 e. The molecule has 1 heterocycles. The molecule has 8 nitrogen and oxygen atoms in total. The molecule has 0 unspecified atom stereocenters. The molecular formula is C21H14N4O4. The van der Waals surface area contributed by atoms with Crippen molar-refractivity contribution < 1.29 is 14.4 Å². The molecule has 0 spiro atoms. The Balaban J connectivity index is 1.53. The minimum atomic E-state index is -0.528. The summed E-state index contributed by atoms with van der Waals surface area (Å²) in [7, 11) is 0. The van der Waals surface area contributed by atoms with Gasteiger partial charge < -0.3 is 9.52 Å². The highest BCUT2D eigenvalue weighted by Crippen LogP contribution is 2.26. The van der Waals surface area contributed by atoms with E-state index in [4.69, 9.17) is 4.42 Å². The van der Waals surface area contributed by atoms with Crippen LogP contribution >= 0.6 is 0 Å². The zero-order valence-corrected chi connectivity index (χ0v) is 15.0. The van der Waals surface area contributed by atoms with Gasteiger partial charge in [0.1, 0.15) is 5.75 Å². The molecule has 0 radical (unpaired) electrons. The van der Waals surface area contributed by atoms with E-state index in [9.17, 15) is 15.2 Å². The van der Waals surface area contributed by atoms with Gasteiger partial charge in [0.05, 0.1) is 10.6 Å². The molecule has 1 N–H and O–H groups in total. The molecule has 0 atom stereocenters. The Morgan fingerprint density at radius 2 is 1.59 bits per heavy atom. The Hall–Kier alpha value is -4.33. The number of benzene rings is 3. The molecule has 0 bridgehead atoms. The largest absolute Gasteiger partial charge is 0.507 e. The molecule has 0 saturated carbocycles. The molecule has 0 saturated heterocycles. The first kappa shape index (κ1) is 18.1. The first-order valence-electron chi connectivity index (χ1n) is 8.61. The molecule has 0 amide bonds. The van der Waals surface area contributed by atoms with Crippen molar-refractivity contribution in [3.05, 3.63) is 88.5 Å². The quantitative estimate of drug-likeness (QED) is 0.300. The van der Waals surface area contributed by atoms with Crippen molar-refractivity contribution in [2.75, 3.05) is 0 Å². The van der Waals surface area contributed by atoms with Crippen molar-refractivity contribution in [2.45, 2.75) is 0 Å². The van der Waals surface area contributed by atoms with Crippen LogP contribution in [0.1, 0.15) is 5.56 Å². The van der Waals surface area contributed by atoms with Crippen molar-refractivity contribution in [3.63, 3.8) is 0 Å². The standard InChI is InChI=1S/C21H14N4O4/c26-19-11-10-18(25(27)28)12-16(19)13-22-17-8-6-15(7-9-17)21-24-23-20(29-21)14-4-2-1-3-5-14/h1-13,26H. The number of non-ortho nitro benzene ring substituents is 1. The number of nitro groups is 1. The lowest BCUT2D eigenvalue weighted by atomic mass is 10.2. The zero-order valence-electron chi connectivity index (χ0n) is 15.0. The third kappa shape index (κ3) is 4.01. The van der Waals surface area contributed by atoms with Crippen molar-refractivity contribution >= 4 is 17.6 Å². The summed E-state index contributed by atoms with van der Waals surface area (Å²) < 4.78 is 5.72. The van der Waals surface area contributed by atoms with Crippen LogP contribution in [-0.4, -0.2) is 26.4 Å². The molecule has 4 rings (SSSR count). The lowest BCUT2D eigenvalue weighted by Gasteiger charge is -1.99. The number of nitrogens with zero attached hydrogens (tertiary/aromatic N) is 4. The van der Waals surface area contributed by atoms with Gasteiger partial charge in [0.25, 0.3) is 5.69 Å². The van der Waals surface area contributed by atoms with Gasteiger partial charge in [0, 0.05) is 35.0 Å². The van der Waals surface area contributed by atoms with Gasteiger partial charge in [0.15, 0.2) is 0 Å². The van der Waals surface area contributed by atoms with Crippen LogP contribution in [0.5, 0.6) is 5.75 Å². The fourth-order valence-electron chi connectivity index (χ4n) is 2.63. The van der Waals surface area contributed by atoms with E-state index in [1.807, 2.05) is 30.3 Å². The number of nitro benzene ring substituents is 1. The molecule has 1 aromatic heterocycles. The normalized spacial score (nSPS) is 11.0. The van der Waals surface area contributed by atoms with E-state index in [2.05, 4.69) is 15.2 Å². The van der Waals surface area contributed by atoms with Crippen LogP contribution in [0.3, 0.4) is 0 Å². The number of hydrogen-bond acceptors (Lipinski definition) is 7. The second kappa shape index (κ2) is 7.73. The van der Waals surface area contributed by atoms with E-state index in [0.29, 0.717) is 17.5 Å². The molecule has 0 aliphatic rings. The lowest BCUT2D eigenvalue weighted by Crippen LogP contribution is -1.90. The maximum atomic E-state index is 10.9. The van der Waals surface area contributed by atoms with E-state index in [-0.39, 0.29) is 17.0 Å². The van der Waals surface area contributed by atoms with Gasteiger partial charge in [-0.3, -0.25) is 15.1 Å². The summed E-state index contributed by atoms with van der Waals surface area (Å²) in [4.78, 5) is 14.6. The molecule has 8 heteroatoms. The van der Waals surface area contributed by atoms with E-state index in [0.717, 1.165) is 11.1 Å². The van der Waals surface area contributed by atoms with Crippen molar-refractivity contribution in [1.29, 1.82) is 0 Å². The summed E-state index contributed by atoms with van der Waals surface area (Å²) in [5.74, 6) is 0.731. The SMILES string of the molecule is O=[N+]([O-])c1ccc(O)c(C=Nc2ccc(-c3nnc(-c4ccccc4)o3)cc2)c1. The summed E-state index contributed by atoms with van der Waals surface area (Å²) in [5.41, 5.74) is 2.31. The third-order valence-electron chi connectivity index (χ3n) is 4.13. The van der Waals surface area contributed by atoms with Crippen LogP contribution in [0.15, 0.2) is 82.2 Å². The second-order valence-corrected chi connectivity index (χ2v) is 6.08. The highest BCUT2D eigenvalue weighted by atomic mass is 16.6. The topological polar surface area (TPSA) is 115 Å². The molecule has 29 heavy (non-hydrogen) atoms. The number of hydrogen-bond donors (Lipinski definition) is 1. The number of aliphatic imine (C=N–C) groups is 1. The minimum absolute atomic E-state index is 0.0877. The van der Waals surface area contributed by atoms with Crippen LogP contribution in [-0.2, 0) is 0 Å². The van der Waals surface area contributed by atoms with Crippen molar-refractivity contribution in [2.24, 2.45) is 4.99 Å². The first-order chi connectivity index (χ1) is 14.1. The van der Waals surface area contributed by atoms with Crippen LogP contribution < -0.4 is 0 Å². The van der Waals surface area contributed by atoms with Gasteiger partial charge in [-0.05, 0) is 42.5 Å². The van der Waals surface area contributed by atoms with Gasteiger partial charge in [-0.2, -0.15) is 0 Å². The fourth-order valence-corrected chi connectivity index (χ4v) is 2.63. The number of aromatic hydroxyl groups is 1. The second-order valence-electron chi connectivity index (χ2n) is 6.08. The third-order valence-corrected chi connectivity index (χ3v) is 4.13. The smallest absolute Gasteiger partial charge is 0.270 e. The summed E-state index contributed by atoms with van der Waals surface area (Å²) in [5, 5.41) is 28.8. The molecule has 142 valence electrons. The number of rotatable bonds is 5. The lowest BCUT2D eigenvalue weighted by molar-refractivity contribution is -0.384. The average Bonchev–Trinajstić information content (AvgIpc) is 3.24. The van der Waals surface area contributed by atoms with Gasteiger partial charge in [-0.25, -0.2) is 0 Å². The van der Waals surface area contributed by atoms with Crippen LogP contribution in [0.2, 0.25) is 0 Å². The van der Waals surface area contributed by atoms with E-state index >= 15 is 0 Å². The predicted octanol–water partition coefficient (Wildman–Crippen LogP) is 4.77. The van der Waals surface area contributed by atoms with Gasteiger partial charge in [-0.15, -0.1) is 10.2 Å². The van der Waals surface area contributed by atoms with Crippen LogP contribution in [0, 0.1) is 10.1 Å². The van der Waals surface area contributed by atoms with Gasteiger partial charge >= 0.3 is 0 Å². The summed E-state index contributed by atoms with van der Waals surface area (Å²) in [6, 6.07) is 20.3. The molecule has 0 aliphatic heterocycles. The first-order valence-corrected chi connectivity index (χ1v) is 8.61. The Bertz CT molecular complexity index is 1190. The van der Waals surface area contributed by atoms with Crippen LogP contribution in [0.4, 0.5) is 11.4 Å². The van der Waals surface area contributed by atoms with Crippen LogP contribution in [0.25, 0.3) is 22.9 Å². The van der Waals surface area contributed by atoms with Crippen molar-refractivity contribution in [3.8, 4) is 28.7 Å². The fraction of sp³-hybridized carbons (Fsp3) is 0. The van der Waals surface area contributed by atoms with E-state index in [1.54, 1.807) is 24.3 Å². The number of phenolic OH excluding ortho intramolecular Hbond substituents is 1. The Morgan fingerprint density at radius 3 is 2.24 bits per heavy atom. The van der Waals surface area contributed by atoms with Gasteiger partial charge in [-0.1, -0.05) is 18.2 Å². The zero-order chi connectivity index (χ0) is 20.2. The Morgan fingerprint density at radius 1 is 0.931 bits per heavy atom.